The lowest BCUT2D eigenvalue weighted by Gasteiger charge is -2.40. The third-order valence-electron chi connectivity index (χ3n) is 3.95. The Morgan fingerprint density at radius 3 is 2.48 bits per heavy atom. The van der Waals surface area contributed by atoms with Gasteiger partial charge in [0.25, 0.3) is 0 Å². The van der Waals surface area contributed by atoms with Crippen molar-refractivity contribution in [2.75, 3.05) is 20.7 Å². The molecule has 1 heterocycles. The van der Waals surface area contributed by atoms with Crippen molar-refractivity contribution in [1.29, 1.82) is 0 Å². The van der Waals surface area contributed by atoms with Crippen molar-refractivity contribution in [1.82, 2.24) is 4.90 Å². The second-order valence-electron chi connectivity index (χ2n) is 5.20. The number of hydrogen-bond acceptors (Lipinski definition) is 3. The summed E-state index contributed by atoms with van der Waals surface area (Å²) in [6, 6.07) is 1.19. The number of ether oxygens (including phenoxy) is 1. The molecule has 21 heavy (non-hydrogen) atoms. The minimum atomic E-state index is -1.29. The second kappa shape index (κ2) is 6.03. The molecule has 0 bridgehead atoms. The number of methoxy groups -OCH3 is 1. The van der Waals surface area contributed by atoms with Crippen LogP contribution in [0, 0.1) is 23.4 Å². The van der Waals surface area contributed by atoms with E-state index in [9.17, 15) is 23.1 Å². The first kappa shape index (κ1) is 15.8. The highest BCUT2D eigenvalue weighted by atomic mass is 19.2. The lowest BCUT2D eigenvalue weighted by atomic mass is 9.79. The number of rotatable bonds is 3. The van der Waals surface area contributed by atoms with Crippen LogP contribution in [0.5, 0.6) is 0 Å². The molecule has 1 saturated heterocycles. The molecule has 0 aliphatic carbocycles. The molecule has 0 amide bonds. The largest absolute Gasteiger partial charge is 0.481 e. The molecule has 2 rings (SSSR count). The van der Waals surface area contributed by atoms with Gasteiger partial charge in [0, 0.05) is 25.6 Å². The van der Waals surface area contributed by atoms with Crippen molar-refractivity contribution in [2.45, 2.75) is 18.6 Å². The molecule has 4 nitrogen and oxygen atoms in total. The van der Waals surface area contributed by atoms with Crippen LogP contribution in [0.1, 0.15) is 17.9 Å². The summed E-state index contributed by atoms with van der Waals surface area (Å²) in [6.07, 6.45) is -0.218. The number of piperidine rings is 1. The van der Waals surface area contributed by atoms with Gasteiger partial charge in [0.05, 0.1) is 5.92 Å². The van der Waals surface area contributed by atoms with Crippen molar-refractivity contribution in [3.8, 4) is 0 Å². The van der Waals surface area contributed by atoms with Crippen LogP contribution in [0.25, 0.3) is 0 Å². The van der Waals surface area contributed by atoms with Crippen LogP contribution < -0.4 is 0 Å². The Morgan fingerprint density at radius 1 is 1.29 bits per heavy atom. The summed E-state index contributed by atoms with van der Waals surface area (Å²) in [6.45, 7) is 0.136. The molecule has 1 aliphatic rings. The first-order valence-corrected chi connectivity index (χ1v) is 6.45. The highest BCUT2D eigenvalue weighted by Crippen LogP contribution is 2.37. The molecule has 1 N–H and O–H groups in total. The summed E-state index contributed by atoms with van der Waals surface area (Å²) in [5.41, 5.74) is -0.128. The van der Waals surface area contributed by atoms with Crippen molar-refractivity contribution in [3.63, 3.8) is 0 Å². The van der Waals surface area contributed by atoms with Crippen molar-refractivity contribution in [3.05, 3.63) is 35.1 Å². The van der Waals surface area contributed by atoms with Gasteiger partial charge in [-0.25, -0.2) is 13.2 Å². The van der Waals surface area contributed by atoms with Crippen LogP contribution >= 0.6 is 0 Å². The molecular weight excluding hydrogens is 287 g/mol. The quantitative estimate of drug-likeness (QED) is 0.870. The van der Waals surface area contributed by atoms with Crippen LogP contribution in [0.2, 0.25) is 0 Å². The van der Waals surface area contributed by atoms with Gasteiger partial charge in [-0.2, -0.15) is 0 Å². The average molecular weight is 303 g/mol. The predicted octanol–water partition coefficient (Wildman–Crippen LogP) is 2.20. The summed E-state index contributed by atoms with van der Waals surface area (Å²) in [5.74, 6) is -6.22. The van der Waals surface area contributed by atoms with E-state index in [0.29, 0.717) is 6.07 Å². The molecule has 1 aromatic carbocycles. The monoisotopic (exact) mass is 303 g/mol. The number of carbonyl (C=O) groups is 1. The molecular formula is C14H16F3NO3. The van der Waals surface area contributed by atoms with Crippen LogP contribution in [-0.4, -0.2) is 42.9 Å². The summed E-state index contributed by atoms with van der Waals surface area (Å²) in [5, 5.41) is 9.30. The molecule has 0 saturated carbocycles. The van der Waals surface area contributed by atoms with Gasteiger partial charge in [0.15, 0.2) is 11.6 Å². The average Bonchev–Trinajstić information content (AvgIpc) is 2.42. The molecule has 7 heteroatoms. The standard InChI is InChI=1S/C14H16F3NO3/c1-18-6-9(14(19)20)7(4-13(18)21-2)8-3-11(16)12(17)5-10(8)15/h3,5,7,9,13H,4,6H2,1-2H3,(H,19,20)/t7-,9+,13?/m0/s1. The summed E-state index contributed by atoms with van der Waals surface area (Å²) in [4.78, 5) is 13.1. The first-order valence-electron chi connectivity index (χ1n) is 6.45. The van der Waals surface area contributed by atoms with E-state index in [1.807, 2.05) is 0 Å². The number of halogens is 3. The van der Waals surface area contributed by atoms with Gasteiger partial charge in [-0.3, -0.25) is 9.69 Å². The fourth-order valence-electron chi connectivity index (χ4n) is 2.81. The Bertz CT molecular complexity index is 553. The minimum absolute atomic E-state index is 0.128. The van der Waals surface area contributed by atoms with Crippen molar-refractivity contribution in [2.24, 2.45) is 5.92 Å². The zero-order valence-corrected chi connectivity index (χ0v) is 11.6. The van der Waals surface area contributed by atoms with Gasteiger partial charge in [0.1, 0.15) is 12.0 Å². The van der Waals surface area contributed by atoms with Crippen LogP contribution in [0.3, 0.4) is 0 Å². The number of benzene rings is 1. The predicted molar refractivity (Wildman–Crippen MR) is 68.2 cm³/mol. The normalized spacial score (nSPS) is 26.8. The Labute approximate surface area is 120 Å². The molecule has 1 aliphatic heterocycles. The SMILES string of the molecule is COC1C[C@@H](c2cc(F)c(F)cc2F)[C@H](C(=O)O)CN1C. The molecule has 0 aromatic heterocycles. The molecule has 3 atom stereocenters. The maximum Gasteiger partial charge on any atom is 0.308 e. The van der Waals surface area contributed by atoms with Crippen LogP contribution in [0.15, 0.2) is 12.1 Å². The number of likely N-dealkylation sites (tertiary alicyclic amines) is 1. The maximum atomic E-state index is 13.9. The number of carboxylic acids is 1. The number of aliphatic carboxylic acids is 1. The van der Waals surface area contributed by atoms with Crippen LogP contribution in [-0.2, 0) is 9.53 Å². The van der Waals surface area contributed by atoms with E-state index < -0.39 is 41.5 Å². The second-order valence-corrected chi connectivity index (χ2v) is 5.20. The van der Waals surface area contributed by atoms with Gasteiger partial charge in [-0.15, -0.1) is 0 Å². The number of nitrogens with zero attached hydrogens (tertiary/aromatic N) is 1. The summed E-state index contributed by atoms with van der Waals surface area (Å²) in [7, 11) is 3.16. The Morgan fingerprint density at radius 2 is 1.90 bits per heavy atom. The Kier molecular flexibility index (Phi) is 4.53. The highest BCUT2D eigenvalue weighted by Gasteiger charge is 2.40. The molecule has 1 fully saturated rings. The van der Waals surface area contributed by atoms with E-state index in [0.717, 1.165) is 6.07 Å². The van der Waals surface area contributed by atoms with Gasteiger partial charge < -0.3 is 9.84 Å². The summed E-state index contributed by atoms with van der Waals surface area (Å²) < 4.78 is 45.5. The fourth-order valence-corrected chi connectivity index (χ4v) is 2.81. The molecule has 0 spiro atoms. The van der Waals surface area contributed by atoms with E-state index in [4.69, 9.17) is 4.74 Å². The van der Waals surface area contributed by atoms with Gasteiger partial charge in [-0.05, 0) is 25.1 Å². The number of hydrogen-bond donors (Lipinski definition) is 1. The van der Waals surface area contributed by atoms with E-state index in [1.165, 1.54) is 7.11 Å². The minimum Gasteiger partial charge on any atom is -0.481 e. The Balaban J connectivity index is 2.42. The molecule has 116 valence electrons. The van der Waals surface area contributed by atoms with Gasteiger partial charge >= 0.3 is 5.97 Å². The lowest BCUT2D eigenvalue weighted by molar-refractivity contribution is -0.149. The van der Waals surface area contributed by atoms with Crippen molar-refractivity contribution >= 4 is 5.97 Å². The van der Waals surface area contributed by atoms with E-state index >= 15 is 0 Å². The smallest absolute Gasteiger partial charge is 0.308 e. The number of carboxylic acid groups (broad SMARTS) is 1. The van der Waals surface area contributed by atoms with Crippen molar-refractivity contribution < 1.29 is 27.8 Å². The third kappa shape index (κ3) is 3.03. The van der Waals surface area contributed by atoms with Gasteiger partial charge in [0.2, 0.25) is 0 Å². The topological polar surface area (TPSA) is 49.8 Å². The molecule has 1 aromatic rings. The molecule has 0 radical (unpaired) electrons. The van der Waals surface area contributed by atoms with Gasteiger partial charge in [-0.1, -0.05) is 0 Å². The summed E-state index contributed by atoms with van der Waals surface area (Å²) >= 11 is 0. The Hall–Kier alpha value is -1.60. The van der Waals surface area contributed by atoms with E-state index in [1.54, 1.807) is 11.9 Å². The fraction of sp³-hybridized carbons (Fsp3) is 0.500. The van der Waals surface area contributed by atoms with E-state index in [-0.39, 0.29) is 18.5 Å². The van der Waals surface area contributed by atoms with E-state index in [2.05, 4.69) is 0 Å². The highest BCUT2D eigenvalue weighted by molar-refractivity contribution is 5.72. The maximum absolute atomic E-state index is 13.9. The van der Waals surface area contributed by atoms with Crippen LogP contribution in [0.4, 0.5) is 13.2 Å². The molecule has 1 unspecified atom stereocenters. The first-order chi connectivity index (χ1) is 9.85. The lowest BCUT2D eigenvalue weighted by Crippen LogP contribution is -2.47. The third-order valence-corrected chi connectivity index (χ3v) is 3.95. The zero-order chi connectivity index (χ0) is 15.7. The zero-order valence-electron chi connectivity index (χ0n) is 11.6.